The molecule has 0 aliphatic heterocycles. The van der Waals surface area contributed by atoms with Gasteiger partial charge in [0.05, 0.1) is 0 Å². The molecule has 1 N–H and O–H groups in total. The van der Waals surface area contributed by atoms with Gasteiger partial charge in [-0.1, -0.05) is 12.8 Å². The molecule has 2 aliphatic carbocycles. The first-order valence-corrected chi connectivity index (χ1v) is 7.02. The van der Waals surface area contributed by atoms with Crippen LogP contribution in [0, 0.1) is 0 Å². The average Bonchev–Trinajstić information content (AvgIpc) is 2.92. The number of hydrogen-bond acceptors (Lipinski definition) is 3. The van der Waals surface area contributed by atoms with Crippen LogP contribution in [0.25, 0.3) is 0 Å². The number of rotatable bonds is 3. The quantitative estimate of drug-likeness (QED) is 0.855. The monoisotopic (exact) mass is 269 g/mol. The molecular formula is C14H23NO4. The molecule has 0 saturated heterocycles. The molecule has 19 heavy (non-hydrogen) atoms. The molecule has 5 heteroatoms. The summed E-state index contributed by atoms with van der Waals surface area (Å²) < 4.78 is 5.41. The highest BCUT2D eigenvalue weighted by molar-refractivity contribution is 5.85. The molecule has 2 rings (SSSR count). The van der Waals surface area contributed by atoms with E-state index in [1.54, 1.807) is 20.8 Å². The molecular weight excluding hydrogens is 246 g/mol. The molecule has 0 unspecified atom stereocenters. The third-order valence-corrected chi connectivity index (χ3v) is 3.79. The molecule has 2 aliphatic rings. The lowest BCUT2D eigenvalue weighted by molar-refractivity contribution is -0.151. The molecule has 2 fully saturated rings. The predicted octanol–water partition coefficient (Wildman–Crippen LogP) is 2.78. The van der Waals surface area contributed by atoms with E-state index in [0.29, 0.717) is 12.8 Å². The maximum atomic E-state index is 12.4. The average molecular weight is 269 g/mol. The number of nitrogens with zero attached hydrogens (tertiary/aromatic N) is 1. The third kappa shape index (κ3) is 2.85. The number of hydrogen-bond donors (Lipinski definition) is 1. The van der Waals surface area contributed by atoms with Crippen molar-refractivity contribution in [3.05, 3.63) is 0 Å². The Kier molecular flexibility index (Phi) is 3.49. The Bertz CT molecular complexity index is 375. The molecule has 0 heterocycles. The predicted molar refractivity (Wildman–Crippen MR) is 69.9 cm³/mol. The van der Waals surface area contributed by atoms with Crippen LogP contribution in [0.3, 0.4) is 0 Å². The van der Waals surface area contributed by atoms with Crippen LogP contribution < -0.4 is 0 Å². The van der Waals surface area contributed by atoms with Gasteiger partial charge in [-0.15, -0.1) is 0 Å². The van der Waals surface area contributed by atoms with Gasteiger partial charge in [0, 0.05) is 6.04 Å². The Balaban J connectivity index is 2.24. The second-order valence-electron chi connectivity index (χ2n) is 6.63. The van der Waals surface area contributed by atoms with Crippen LogP contribution in [-0.2, 0) is 9.53 Å². The van der Waals surface area contributed by atoms with E-state index < -0.39 is 23.2 Å². The summed E-state index contributed by atoms with van der Waals surface area (Å²) in [5.74, 6) is -0.886. The minimum Gasteiger partial charge on any atom is -0.479 e. The second kappa shape index (κ2) is 4.69. The van der Waals surface area contributed by atoms with Crippen molar-refractivity contribution < 1.29 is 19.4 Å². The summed E-state index contributed by atoms with van der Waals surface area (Å²) in [6, 6.07) is 0.0454. The molecule has 5 nitrogen and oxygen atoms in total. The lowest BCUT2D eigenvalue weighted by Gasteiger charge is -2.38. The first-order chi connectivity index (χ1) is 8.76. The topological polar surface area (TPSA) is 66.8 Å². The fourth-order valence-electron chi connectivity index (χ4n) is 2.83. The number of carboxylic acid groups (broad SMARTS) is 1. The fraction of sp³-hybridized carbons (Fsp3) is 0.857. The zero-order chi connectivity index (χ0) is 14.3. The van der Waals surface area contributed by atoms with E-state index in [-0.39, 0.29) is 6.04 Å². The van der Waals surface area contributed by atoms with Gasteiger partial charge in [-0.3, -0.25) is 4.90 Å². The van der Waals surface area contributed by atoms with Gasteiger partial charge in [0.2, 0.25) is 0 Å². The maximum Gasteiger partial charge on any atom is 0.411 e. The van der Waals surface area contributed by atoms with Gasteiger partial charge in [-0.2, -0.15) is 0 Å². The van der Waals surface area contributed by atoms with Crippen molar-refractivity contribution in [1.82, 2.24) is 4.90 Å². The summed E-state index contributed by atoms with van der Waals surface area (Å²) in [5, 5.41) is 9.61. The number of carbonyl (C=O) groups is 2. The molecule has 0 atom stereocenters. The first kappa shape index (κ1) is 14.2. The molecule has 108 valence electrons. The van der Waals surface area contributed by atoms with E-state index in [1.807, 2.05) is 0 Å². The van der Waals surface area contributed by atoms with E-state index in [0.717, 1.165) is 25.7 Å². The van der Waals surface area contributed by atoms with E-state index in [1.165, 1.54) is 4.90 Å². The highest BCUT2D eigenvalue weighted by atomic mass is 16.6. The van der Waals surface area contributed by atoms with Gasteiger partial charge in [0.25, 0.3) is 0 Å². The first-order valence-electron chi connectivity index (χ1n) is 7.02. The Morgan fingerprint density at radius 1 is 1.21 bits per heavy atom. The van der Waals surface area contributed by atoms with Crippen LogP contribution in [0.5, 0.6) is 0 Å². The third-order valence-electron chi connectivity index (χ3n) is 3.79. The van der Waals surface area contributed by atoms with Crippen LogP contribution in [0.15, 0.2) is 0 Å². The smallest absolute Gasteiger partial charge is 0.411 e. The van der Waals surface area contributed by atoms with Gasteiger partial charge >= 0.3 is 12.1 Å². The lowest BCUT2D eigenvalue weighted by Crippen LogP contribution is -2.57. The van der Waals surface area contributed by atoms with Gasteiger partial charge in [0.1, 0.15) is 11.1 Å². The van der Waals surface area contributed by atoms with E-state index in [9.17, 15) is 14.7 Å². The van der Waals surface area contributed by atoms with E-state index in [4.69, 9.17) is 4.74 Å². The molecule has 0 aromatic heterocycles. The summed E-state index contributed by atoms with van der Waals surface area (Å²) in [6.45, 7) is 5.41. The van der Waals surface area contributed by atoms with Crippen molar-refractivity contribution >= 4 is 12.1 Å². The van der Waals surface area contributed by atoms with Gasteiger partial charge in [-0.25, -0.2) is 9.59 Å². The summed E-state index contributed by atoms with van der Waals surface area (Å²) in [6.07, 6.45) is 4.09. The molecule has 0 bridgehead atoms. The Morgan fingerprint density at radius 3 is 2.11 bits per heavy atom. The molecule has 0 spiro atoms. The van der Waals surface area contributed by atoms with Gasteiger partial charge in [-0.05, 0) is 46.5 Å². The largest absolute Gasteiger partial charge is 0.479 e. The molecule has 0 aromatic carbocycles. The Labute approximate surface area is 113 Å². The highest BCUT2D eigenvalue weighted by Gasteiger charge is 2.54. The van der Waals surface area contributed by atoms with Crippen LogP contribution >= 0.6 is 0 Å². The van der Waals surface area contributed by atoms with Crippen LogP contribution in [-0.4, -0.2) is 39.3 Å². The number of carboxylic acids is 1. The van der Waals surface area contributed by atoms with Crippen molar-refractivity contribution in [2.24, 2.45) is 0 Å². The number of amides is 1. The molecule has 1 amide bonds. The molecule has 0 radical (unpaired) electrons. The zero-order valence-electron chi connectivity index (χ0n) is 11.9. The second-order valence-corrected chi connectivity index (χ2v) is 6.63. The number of aliphatic carboxylic acids is 1. The van der Waals surface area contributed by atoms with Gasteiger partial charge in [0.15, 0.2) is 0 Å². The van der Waals surface area contributed by atoms with Crippen molar-refractivity contribution in [2.45, 2.75) is 76.5 Å². The van der Waals surface area contributed by atoms with Crippen LogP contribution in [0.2, 0.25) is 0 Å². The van der Waals surface area contributed by atoms with E-state index >= 15 is 0 Å². The van der Waals surface area contributed by atoms with Crippen LogP contribution in [0.1, 0.15) is 59.3 Å². The minimum atomic E-state index is -1.04. The summed E-state index contributed by atoms with van der Waals surface area (Å²) in [7, 11) is 0. The molecule has 2 saturated carbocycles. The minimum absolute atomic E-state index is 0.0454. The number of ether oxygens (including phenoxy) is 1. The zero-order valence-corrected chi connectivity index (χ0v) is 11.9. The SMILES string of the molecule is CC(C)(C)OC(=O)N(C1CC1)C1(C(=O)O)CCCC1. The standard InChI is InChI=1S/C14H23NO4/c1-13(2,3)19-12(18)15(10-6-7-10)14(11(16)17)8-4-5-9-14/h10H,4-9H2,1-3H3,(H,16,17). The van der Waals surface area contributed by atoms with Gasteiger partial charge < -0.3 is 9.84 Å². The Morgan fingerprint density at radius 2 is 1.74 bits per heavy atom. The highest BCUT2D eigenvalue weighted by Crippen LogP contribution is 2.43. The summed E-state index contributed by atoms with van der Waals surface area (Å²) in [5.41, 5.74) is -1.63. The van der Waals surface area contributed by atoms with E-state index in [2.05, 4.69) is 0 Å². The van der Waals surface area contributed by atoms with Crippen molar-refractivity contribution in [3.8, 4) is 0 Å². The van der Waals surface area contributed by atoms with Crippen LogP contribution in [0.4, 0.5) is 4.79 Å². The van der Waals surface area contributed by atoms with Crippen molar-refractivity contribution in [3.63, 3.8) is 0 Å². The summed E-state index contributed by atoms with van der Waals surface area (Å²) >= 11 is 0. The summed E-state index contributed by atoms with van der Waals surface area (Å²) in [4.78, 5) is 25.6. The normalized spacial score (nSPS) is 22.1. The lowest BCUT2D eigenvalue weighted by atomic mass is 9.95. The van der Waals surface area contributed by atoms with Crippen molar-refractivity contribution in [2.75, 3.05) is 0 Å². The maximum absolute atomic E-state index is 12.4. The molecule has 0 aromatic rings. The number of carbonyl (C=O) groups excluding carboxylic acids is 1. The van der Waals surface area contributed by atoms with Crippen molar-refractivity contribution in [1.29, 1.82) is 0 Å². The Hall–Kier alpha value is -1.26. The fourth-order valence-corrected chi connectivity index (χ4v) is 2.83.